The van der Waals surface area contributed by atoms with E-state index in [1.54, 1.807) is 18.6 Å². The fraction of sp³-hybridized carbons (Fsp3) is 0.286. The normalized spacial score (nSPS) is 15.2. The summed E-state index contributed by atoms with van der Waals surface area (Å²) in [4.78, 5) is 22.2. The predicted molar refractivity (Wildman–Crippen MR) is 103 cm³/mol. The maximum Gasteiger partial charge on any atom is 0.323 e. The van der Waals surface area contributed by atoms with Crippen molar-refractivity contribution in [2.45, 2.75) is 19.3 Å². The van der Waals surface area contributed by atoms with Crippen molar-refractivity contribution >= 4 is 22.6 Å². The van der Waals surface area contributed by atoms with E-state index >= 15 is 0 Å². The SMILES string of the molecule is O=C(Nc1cnccn1)N1CCC(Cc2ccc3ccccc3c2)CC1. The highest BCUT2D eigenvalue weighted by atomic mass is 16.2. The van der Waals surface area contributed by atoms with Crippen LogP contribution in [0.3, 0.4) is 0 Å². The molecule has 1 aromatic heterocycles. The average molecular weight is 346 g/mol. The van der Waals surface area contributed by atoms with Crippen molar-refractivity contribution in [3.8, 4) is 0 Å². The van der Waals surface area contributed by atoms with Crippen LogP contribution in [0, 0.1) is 5.92 Å². The van der Waals surface area contributed by atoms with Crippen LogP contribution >= 0.6 is 0 Å². The van der Waals surface area contributed by atoms with Crippen LogP contribution in [0.2, 0.25) is 0 Å². The maximum absolute atomic E-state index is 12.3. The first-order chi connectivity index (χ1) is 12.8. The molecule has 26 heavy (non-hydrogen) atoms. The van der Waals surface area contributed by atoms with E-state index in [4.69, 9.17) is 0 Å². The molecule has 5 nitrogen and oxygen atoms in total. The van der Waals surface area contributed by atoms with E-state index in [1.807, 2.05) is 4.90 Å². The molecule has 4 rings (SSSR count). The Kier molecular flexibility index (Phi) is 4.78. The summed E-state index contributed by atoms with van der Waals surface area (Å²) >= 11 is 0. The zero-order chi connectivity index (χ0) is 17.8. The topological polar surface area (TPSA) is 58.1 Å². The van der Waals surface area contributed by atoms with Crippen LogP contribution in [-0.2, 0) is 6.42 Å². The van der Waals surface area contributed by atoms with Crippen molar-refractivity contribution < 1.29 is 4.79 Å². The van der Waals surface area contributed by atoms with Gasteiger partial charge in [0, 0.05) is 25.5 Å². The molecular weight excluding hydrogens is 324 g/mol. The summed E-state index contributed by atoms with van der Waals surface area (Å²) < 4.78 is 0. The second-order valence-electron chi connectivity index (χ2n) is 6.84. The number of anilines is 1. The number of carbonyl (C=O) groups excluding carboxylic acids is 1. The van der Waals surface area contributed by atoms with Crippen molar-refractivity contribution in [3.63, 3.8) is 0 Å². The van der Waals surface area contributed by atoms with E-state index in [2.05, 4.69) is 57.7 Å². The van der Waals surface area contributed by atoms with Gasteiger partial charge in [-0.1, -0.05) is 42.5 Å². The van der Waals surface area contributed by atoms with Gasteiger partial charge in [0.15, 0.2) is 5.82 Å². The van der Waals surface area contributed by atoms with Crippen molar-refractivity contribution in [2.75, 3.05) is 18.4 Å². The van der Waals surface area contributed by atoms with Crippen LogP contribution in [0.15, 0.2) is 61.1 Å². The summed E-state index contributed by atoms with van der Waals surface area (Å²) in [5, 5.41) is 5.39. The van der Waals surface area contributed by atoms with E-state index in [-0.39, 0.29) is 6.03 Å². The van der Waals surface area contributed by atoms with E-state index in [1.165, 1.54) is 16.3 Å². The molecule has 1 saturated heterocycles. The first-order valence-electron chi connectivity index (χ1n) is 9.07. The van der Waals surface area contributed by atoms with E-state index < -0.39 is 0 Å². The van der Waals surface area contributed by atoms with Crippen molar-refractivity contribution in [2.24, 2.45) is 5.92 Å². The zero-order valence-corrected chi connectivity index (χ0v) is 14.6. The first kappa shape index (κ1) is 16.5. The van der Waals surface area contributed by atoms with Gasteiger partial charge >= 0.3 is 6.03 Å². The summed E-state index contributed by atoms with van der Waals surface area (Å²) in [6, 6.07) is 15.1. The van der Waals surface area contributed by atoms with Crippen LogP contribution in [0.1, 0.15) is 18.4 Å². The highest BCUT2D eigenvalue weighted by Crippen LogP contribution is 2.24. The van der Waals surface area contributed by atoms with Gasteiger partial charge in [-0.05, 0) is 41.5 Å². The van der Waals surface area contributed by atoms with Crippen LogP contribution < -0.4 is 5.32 Å². The molecule has 5 heteroatoms. The van der Waals surface area contributed by atoms with E-state index in [0.29, 0.717) is 11.7 Å². The highest BCUT2D eigenvalue weighted by molar-refractivity contribution is 5.88. The lowest BCUT2D eigenvalue weighted by atomic mass is 9.89. The Balaban J connectivity index is 1.32. The number of fused-ring (bicyclic) bond motifs is 1. The largest absolute Gasteiger partial charge is 0.324 e. The minimum Gasteiger partial charge on any atom is -0.324 e. The maximum atomic E-state index is 12.3. The number of likely N-dealkylation sites (tertiary alicyclic amines) is 1. The minimum absolute atomic E-state index is 0.0883. The summed E-state index contributed by atoms with van der Waals surface area (Å²) in [6.07, 6.45) is 7.86. The Morgan fingerprint density at radius 1 is 1.08 bits per heavy atom. The Morgan fingerprint density at radius 2 is 1.88 bits per heavy atom. The number of aromatic nitrogens is 2. The third-order valence-corrected chi connectivity index (χ3v) is 5.04. The Hall–Kier alpha value is -2.95. The van der Waals surface area contributed by atoms with Crippen molar-refractivity contribution in [1.82, 2.24) is 14.9 Å². The first-order valence-corrected chi connectivity index (χ1v) is 9.07. The number of hydrogen-bond acceptors (Lipinski definition) is 3. The number of nitrogens with one attached hydrogen (secondary N) is 1. The molecule has 0 saturated carbocycles. The quantitative estimate of drug-likeness (QED) is 0.776. The monoisotopic (exact) mass is 346 g/mol. The number of rotatable bonds is 3. The Morgan fingerprint density at radius 3 is 2.65 bits per heavy atom. The summed E-state index contributed by atoms with van der Waals surface area (Å²) in [5.41, 5.74) is 1.38. The van der Waals surface area contributed by atoms with Gasteiger partial charge in [0.25, 0.3) is 0 Å². The summed E-state index contributed by atoms with van der Waals surface area (Å²) in [5.74, 6) is 1.12. The number of urea groups is 1. The fourth-order valence-corrected chi connectivity index (χ4v) is 3.59. The molecule has 0 spiro atoms. The molecule has 2 amide bonds. The van der Waals surface area contributed by atoms with Gasteiger partial charge in [-0.15, -0.1) is 0 Å². The van der Waals surface area contributed by atoms with Gasteiger partial charge in [-0.3, -0.25) is 10.3 Å². The number of nitrogens with zero attached hydrogens (tertiary/aromatic N) is 3. The molecule has 3 aromatic rings. The van der Waals surface area contributed by atoms with Gasteiger partial charge in [0.05, 0.1) is 6.20 Å². The molecule has 1 fully saturated rings. The molecule has 2 heterocycles. The second kappa shape index (κ2) is 7.52. The molecule has 0 radical (unpaired) electrons. The third-order valence-electron chi connectivity index (χ3n) is 5.04. The third kappa shape index (κ3) is 3.82. The lowest BCUT2D eigenvalue weighted by molar-refractivity contribution is 0.182. The lowest BCUT2D eigenvalue weighted by Crippen LogP contribution is -2.41. The van der Waals surface area contributed by atoms with Gasteiger partial charge in [0.1, 0.15) is 0 Å². The lowest BCUT2D eigenvalue weighted by Gasteiger charge is -2.32. The highest BCUT2D eigenvalue weighted by Gasteiger charge is 2.23. The van der Waals surface area contributed by atoms with Crippen LogP contribution in [0.5, 0.6) is 0 Å². The molecule has 0 atom stereocenters. The van der Waals surface area contributed by atoms with E-state index in [9.17, 15) is 4.79 Å². The van der Waals surface area contributed by atoms with Crippen molar-refractivity contribution in [1.29, 1.82) is 0 Å². The van der Waals surface area contributed by atoms with Crippen LogP contribution in [0.4, 0.5) is 10.6 Å². The number of hydrogen-bond donors (Lipinski definition) is 1. The van der Waals surface area contributed by atoms with Crippen LogP contribution in [-0.4, -0.2) is 34.0 Å². The minimum atomic E-state index is -0.0883. The molecule has 0 aliphatic carbocycles. The van der Waals surface area contributed by atoms with Crippen molar-refractivity contribution in [3.05, 3.63) is 66.6 Å². The Bertz CT molecular complexity index is 889. The number of carbonyl (C=O) groups is 1. The molecule has 1 N–H and O–H groups in total. The number of piperidine rings is 1. The van der Waals surface area contributed by atoms with Gasteiger partial charge < -0.3 is 4.90 Å². The summed E-state index contributed by atoms with van der Waals surface area (Å²) in [6.45, 7) is 1.56. The molecular formula is C21H22N4O. The zero-order valence-electron chi connectivity index (χ0n) is 14.6. The molecule has 132 valence electrons. The molecule has 0 bridgehead atoms. The fourth-order valence-electron chi connectivity index (χ4n) is 3.59. The molecule has 0 unspecified atom stereocenters. The van der Waals surface area contributed by atoms with Gasteiger partial charge in [-0.2, -0.15) is 0 Å². The van der Waals surface area contributed by atoms with E-state index in [0.717, 1.165) is 32.4 Å². The molecule has 1 aliphatic rings. The number of amides is 2. The standard InChI is InChI=1S/C21H22N4O/c26-21(24-20-15-22-9-10-23-20)25-11-7-16(8-12-25)13-17-5-6-18-3-1-2-4-19(18)14-17/h1-6,9-10,14-16H,7-8,11-13H2,(H,23,24,26). The number of benzene rings is 2. The van der Waals surface area contributed by atoms with Crippen LogP contribution in [0.25, 0.3) is 10.8 Å². The smallest absolute Gasteiger partial charge is 0.323 e. The summed E-state index contributed by atoms with van der Waals surface area (Å²) in [7, 11) is 0. The second-order valence-corrected chi connectivity index (χ2v) is 6.84. The molecule has 2 aromatic carbocycles. The molecule has 1 aliphatic heterocycles. The predicted octanol–water partition coefficient (Wildman–Crippen LogP) is 4.12. The Labute approximate surface area is 153 Å². The average Bonchev–Trinajstić information content (AvgIpc) is 2.69. The van der Waals surface area contributed by atoms with Gasteiger partial charge in [0.2, 0.25) is 0 Å². The van der Waals surface area contributed by atoms with Gasteiger partial charge in [-0.25, -0.2) is 9.78 Å².